The Morgan fingerprint density at radius 2 is 1.73 bits per heavy atom. The lowest BCUT2D eigenvalue weighted by molar-refractivity contribution is -0.137. The average molecular weight is 310 g/mol. The van der Waals surface area contributed by atoms with E-state index in [1.54, 1.807) is 12.1 Å². The molecule has 0 aliphatic carbocycles. The molecule has 2 aromatic rings. The van der Waals surface area contributed by atoms with Crippen LogP contribution in [0.25, 0.3) is 11.1 Å². The smallest absolute Gasteiger partial charge is 0.416 e. The number of carbonyl (C=O) groups excluding carboxylic acids is 1. The van der Waals surface area contributed by atoms with Crippen LogP contribution in [-0.2, 0) is 10.9 Å². The molecule has 0 heterocycles. The minimum Gasteiger partial charge on any atom is -0.496 e. The van der Waals surface area contributed by atoms with Crippen molar-refractivity contribution in [2.24, 2.45) is 0 Å². The van der Waals surface area contributed by atoms with Crippen molar-refractivity contribution in [2.75, 3.05) is 14.2 Å². The van der Waals surface area contributed by atoms with Gasteiger partial charge in [0.1, 0.15) is 5.75 Å². The Labute approximate surface area is 125 Å². The summed E-state index contributed by atoms with van der Waals surface area (Å²) in [5.41, 5.74) is -0.163. The van der Waals surface area contributed by atoms with E-state index in [2.05, 4.69) is 4.74 Å². The lowest BCUT2D eigenvalue weighted by Crippen LogP contribution is -2.07. The molecular weight excluding hydrogens is 297 g/mol. The Morgan fingerprint density at radius 3 is 2.32 bits per heavy atom. The zero-order valence-electron chi connectivity index (χ0n) is 11.9. The molecule has 0 amide bonds. The topological polar surface area (TPSA) is 35.5 Å². The highest BCUT2D eigenvalue weighted by Gasteiger charge is 2.31. The molecule has 0 saturated carbocycles. The van der Waals surface area contributed by atoms with Crippen molar-refractivity contribution >= 4 is 5.97 Å². The van der Waals surface area contributed by atoms with E-state index in [0.717, 1.165) is 12.1 Å². The number of hydrogen-bond donors (Lipinski definition) is 0. The molecular formula is C16H13F3O3. The van der Waals surface area contributed by atoms with Crippen molar-refractivity contribution in [1.29, 1.82) is 0 Å². The first-order valence-electron chi connectivity index (χ1n) is 6.31. The number of halogens is 3. The van der Waals surface area contributed by atoms with Crippen LogP contribution in [0.3, 0.4) is 0 Å². The average Bonchev–Trinajstić information content (AvgIpc) is 2.52. The Kier molecular flexibility index (Phi) is 4.40. The fourth-order valence-electron chi connectivity index (χ4n) is 2.13. The first-order valence-corrected chi connectivity index (χ1v) is 6.31. The van der Waals surface area contributed by atoms with Crippen LogP contribution in [0.4, 0.5) is 13.2 Å². The summed E-state index contributed by atoms with van der Waals surface area (Å²) in [5, 5.41) is 0. The SMILES string of the molecule is COC(=O)c1cccc(OC)c1-c1cccc(C(F)(F)F)c1. The number of ether oxygens (including phenoxy) is 2. The second-order valence-corrected chi connectivity index (χ2v) is 4.45. The van der Waals surface area contributed by atoms with Gasteiger partial charge in [-0.05, 0) is 29.8 Å². The summed E-state index contributed by atoms with van der Waals surface area (Å²) in [6, 6.07) is 9.33. The van der Waals surface area contributed by atoms with Crippen LogP contribution < -0.4 is 4.74 Å². The Bertz CT molecular complexity index is 693. The molecule has 0 aromatic heterocycles. The summed E-state index contributed by atoms with van der Waals surface area (Å²) in [4.78, 5) is 11.9. The van der Waals surface area contributed by atoms with E-state index in [1.165, 1.54) is 32.4 Å². The quantitative estimate of drug-likeness (QED) is 0.798. The maximum atomic E-state index is 12.9. The highest BCUT2D eigenvalue weighted by atomic mass is 19.4. The fourth-order valence-corrected chi connectivity index (χ4v) is 2.13. The van der Waals surface area contributed by atoms with Gasteiger partial charge in [-0.1, -0.05) is 18.2 Å². The predicted octanol–water partition coefficient (Wildman–Crippen LogP) is 4.17. The number of hydrogen-bond acceptors (Lipinski definition) is 3. The lowest BCUT2D eigenvalue weighted by Gasteiger charge is -2.14. The summed E-state index contributed by atoms with van der Waals surface area (Å²) >= 11 is 0. The van der Waals surface area contributed by atoms with Crippen LogP contribution in [0.15, 0.2) is 42.5 Å². The van der Waals surface area contributed by atoms with Gasteiger partial charge in [0, 0.05) is 5.56 Å². The fraction of sp³-hybridized carbons (Fsp3) is 0.188. The van der Waals surface area contributed by atoms with E-state index in [9.17, 15) is 18.0 Å². The molecule has 0 radical (unpaired) electrons. The number of methoxy groups -OCH3 is 2. The molecule has 0 fully saturated rings. The number of benzene rings is 2. The van der Waals surface area contributed by atoms with Crippen LogP contribution in [0.5, 0.6) is 5.75 Å². The predicted molar refractivity (Wildman–Crippen MR) is 74.8 cm³/mol. The third-order valence-corrected chi connectivity index (χ3v) is 3.13. The summed E-state index contributed by atoms with van der Waals surface area (Å²) in [6.07, 6.45) is -4.47. The van der Waals surface area contributed by atoms with Gasteiger partial charge in [0.25, 0.3) is 0 Å². The van der Waals surface area contributed by atoms with E-state index >= 15 is 0 Å². The molecule has 116 valence electrons. The van der Waals surface area contributed by atoms with Crippen LogP contribution in [0.1, 0.15) is 15.9 Å². The van der Waals surface area contributed by atoms with Gasteiger partial charge >= 0.3 is 12.1 Å². The van der Waals surface area contributed by atoms with Crippen molar-refractivity contribution in [2.45, 2.75) is 6.18 Å². The normalized spacial score (nSPS) is 11.1. The Morgan fingerprint density at radius 1 is 1.05 bits per heavy atom. The largest absolute Gasteiger partial charge is 0.496 e. The standard InChI is InChI=1S/C16H13F3O3/c1-21-13-8-4-7-12(15(20)22-2)14(13)10-5-3-6-11(9-10)16(17,18)19/h3-9H,1-2H3. The Balaban J connectivity index is 2.68. The van der Waals surface area contributed by atoms with Crippen molar-refractivity contribution in [1.82, 2.24) is 0 Å². The van der Waals surface area contributed by atoms with Gasteiger partial charge in [0.2, 0.25) is 0 Å². The van der Waals surface area contributed by atoms with E-state index in [4.69, 9.17) is 4.74 Å². The summed E-state index contributed by atoms with van der Waals surface area (Å²) in [5.74, 6) is -0.353. The van der Waals surface area contributed by atoms with Crippen LogP contribution >= 0.6 is 0 Å². The molecule has 0 aliphatic heterocycles. The molecule has 22 heavy (non-hydrogen) atoms. The van der Waals surface area contributed by atoms with Gasteiger partial charge in [-0.15, -0.1) is 0 Å². The molecule has 0 N–H and O–H groups in total. The van der Waals surface area contributed by atoms with Gasteiger partial charge < -0.3 is 9.47 Å². The van der Waals surface area contributed by atoms with Crippen molar-refractivity contribution in [3.63, 3.8) is 0 Å². The van der Waals surface area contributed by atoms with Gasteiger partial charge in [-0.25, -0.2) is 4.79 Å². The van der Waals surface area contributed by atoms with Crippen molar-refractivity contribution in [3.8, 4) is 16.9 Å². The number of rotatable bonds is 3. The zero-order valence-corrected chi connectivity index (χ0v) is 11.9. The molecule has 6 heteroatoms. The molecule has 2 rings (SSSR count). The lowest BCUT2D eigenvalue weighted by atomic mass is 9.97. The summed E-state index contributed by atoms with van der Waals surface area (Å²) in [7, 11) is 2.59. The minimum atomic E-state index is -4.47. The van der Waals surface area contributed by atoms with Crippen LogP contribution in [-0.4, -0.2) is 20.2 Å². The monoisotopic (exact) mass is 310 g/mol. The molecule has 0 saturated heterocycles. The molecule has 0 aliphatic rings. The number of alkyl halides is 3. The minimum absolute atomic E-state index is 0.140. The highest BCUT2D eigenvalue weighted by Crippen LogP contribution is 2.37. The first-order chi connectivity index (χ1) is 10.4. The van der Waals surface area contributed by atoms with Crippen LogP contribution in [0.2, 0.25) is 0 Å². The van der Waals surface area contributed by atoms with E-state index in [-0.39, 0.29) is 16.7 Å². The van der Waals surface area contributed by atoms with E-state index in [1.807, 2.05) is 0 Å². The molecule has 0 bridgehead atoms. The molecule has 0 unspecified atom stereocenters. The molecule has 3 nitrogen and oxygen atoms in total. The second kappa shape index (κ2) is 6.09. The van der Waals surface area contributed by atoms with Gasteiger partial charge in [0.15, 0.2) is 0 Å². The molecule has 0 spiro atoms. The first kappa shape index (κ1) is 15.9. The number of esters is 1. The summed E-state index contributed by atoms with van der Waals surface area (Å²) in [6.45, 7) is 0. The molecule has 2 aromatic carbocycles. The van der Waals surface area contributed by atoms with Gasteiger partial charge in [0.05, 0.1) is 25.3 Å². The second-order valence-electron chi connectivity index (χ2n) is 4.45. The van der Waals surface area contributed by atoms with Gasteiger partial charge in [-0.2, -0.15) is 13.2 Å². The third kappa shape index (κ3) is 3.05. The van der Waals surface area contributed by atoms with Crippen molar-refractivity contribution < 1.29 is 27.4 Å². The maximum Gasteiger partial charge on any atom is 0.416 e. The molecule has 0 atom stereocenters. The summed E-state index contributed by atoms with van der Waals surface area (Å²) < 4.78 is 48.5. The van der Waals surface area contributed by atoms with E-state index < -0.39 is 17.7 Å². The Hall–Kier alpha value is -2.50. The van der Waals surface area contributed by atoms with E-state index in [0.29, 0.717) is 5.75 Å². The third-order valence-electron chi connectivity index (χ3n) is 3.13. The zero-order chi connectivity index (χ0) is 16.3. The van der Waals surface area contributed by atoms with Crippen LogP contribution in [0, 0.1) is 0 Å². The highest BCUT2D eigenvalue weighted by molar-refractivity contribution is 5.99. The van der Waals surface area contributed by atoms with Crippen molar-refractivity contribution in [3.05, 3.63) is 53.6 Å². The maximum absolute atomic E-state index is 12.9. The van der Waals surface area contributed by atoms with Gasteiger partial charge in [-0.3, -0.25) is 0 Å². The number of carbonyl (C=O) groups is 1.